The van der Waals surface area contributed by atoms with Crippen molar-refractivity contribution in [1.29, 1.82) is 0 Å². The van der Waals surface area contributed by atoms with Crippen LogP contribution in [0.25, 0.3) is 0 Å². The van der Waals surface area contributed by atoms with E-state index in [0.717, 1.165) is 11.4 Å². The van der Waals surface area contributed by atoms with Crippen LogP contribution in [0, 0.1) is 11.8 Å². The van der Waals surface area contributed by atoms with Crippen molar-refractivity contribution in [2.75, 3.05) is 10.6 Å². The van der Waals surface area contributed by atoms with Crippen LogP contribution in [0.1, 0.15) is 0 Å². The maximum atomic E-state index is 12.6. The average molecular weight is 350 g/mol. The summed E-state index contributed by atoms with van der Waals surface area (Å²) in [4.78, 5) is 24.1. The first-order valence-corrected chi connectivity index (χ1v) is 8.41. The second kappa shape index (κ2) is 6.65. The van der Waals surface area contributed by atoms with Gasteiger partial charge in [-0.05, 0) is 36.4 Å². The highest BCUT2D eigenvalue weighted by Gasteiger charge is 2.53. The molecule has 132 valence electrons. The van der Waals surface area contributed by atoms with E-state index in [2.05, 4.69) is 10.6 Å². The van der Waals surface area contributed by atoms with Gasteiger partial charge >= 0.3 is 5.97 Å². The molecule has 0 saturated carbocycles. The summed E-state index contributed by atoms with van der Waals surface area (Å²) in [6, 6.07) is 17.0. The van der Waals surface area contributed by atoms with E-state index in [-0.39, 0.29) is 5.91 Å². The molecule has 3 N–H and O–H groups in total. The van der Waals surface area contributed by atoms with E-state index in [1.807, 2.05) is 42.5 Å². The fraction of sp³-hybridized carbons (Fsp3) is 0.200. The van der Waals surface area contributed by atoms with Gasteiger partial charge in [-0.15, -0.1) is 0 Å². The van der Waals surface area contributed by atoms with Crippen LogP contribution >= 0.6 is 0 Å². The van der Waals surface area contributed by atoms with Crippen LogP contribution in [0.2, 0.25) is 0 Å². The molecule has 0 radical (unpaired) electrons. The van der Waals surface area contributed by atoms with E-state index in [4.69, 9.17) is 4.74 Å². The minimum atomic E-state index is -1.01. The Morgan fingerprint density at radius 3 is 2.04 bits per heavy atom. The maximum absolute atomic E-state index is 12.6. The van der Waals surface area contributed by atoms with E-state index in [1.165, 1.54) is 0 Å². The van der Waals surface area contributed by atoms with Gasteiger partial charge < -0.3 is 20.5 Å². The Morgan fingerprint density at radius 1 is 0.808 bits per heavy atom. The molecular weight excluding hydrogens is 332 g/mol. The summed E-state index contributed by atoms with van der Waals surface area (Å²) in [5.74, 6) is -2.91. The predicted molar refractivity (Wildman–Crippen MR) is 97.2 cm³/mol. The van der Waals surface area contributed by atoms with Crippen molar-refractivity contribution < 1.29 is 19.4 Å². The van der Waals surface area contributed by atoms with Gasteiger partial charge in [0.2, 0.25) is 5.91 Å². The molecule has 0 aromatic heterocycles. The lowest BCUT2D eigenvalue weighted by Gasteiger charge is -2.21. The molecular formula is C20H18N2O4. The summed E-state index contributed by atoms with van der Waals surface area (Å²) >= 11 is 0. The first-order chi connectivity index (χ1) is 12.6. The summed E-state index contributed by atoms with van der Waals surface area (Å²) < 4.78 is 5.54. The number of amides is 1. The highest BCUT2D eigenvalue weighted by Crippen LogP contribution is 2.39. The summed E-state index contributed by atoms with van der Waals surface area (Å²) in [7, 11) is 0. The molecule has 2 aliphatic rings. The fourth-order valence-electron chi connectivity index (χ4n) is 3.47. The SMILES string of the molecule is O=C(O)[C@@H]1[C@@H](C(=O)Nc2ccc(Nc3ccccc3)cc2)[C@@H]2C=C[C@@H]1O2. The standard InChI is InChI=1S/C20H18N2O4/c23-19(17-15-10-11-16(26-15)18(17)20(24)25)22-14-8-6-13(7-9-14)21-12-4-2-1-3-5-12/h1-11,15-18,21H,(H,22,23)(H,24,25)/t15-,16-,17-,18-/m0/s1. The molecule has 2 aromatic carbocycles. The Kier molecular flexibility index (Phi) is 4.18. The minimum Gasteiger partial charge on any atom is -0.481 e. The molecule has 0 aliphatic carbocycles. The number of ether oxygens (including phenoxy) is 1. The van der Waals surface area contributed by atoms with Crippen molar-refractivity contribution in [1.82, 2.24) is 0 Å². The number of hydrogen-bond acceptors (Lipinski definition) is 4. The van der Waals surface area contributed by atoms with Crippen molar-refractivity contribution in [3.05, 3.63) is 66.7 Å². The van der Waals surface area contributed by atoms with Gasteiger partial charge in [-0.2, -0.15) is 0 Å². The van der Waals surface area contributed by atoms with Crippen LogP contribution < -0.4 is 10.6 Å². The number of anilines is 3. The zero-order valence-corrected chi connectivity index (χ0v) is 13.8. The molecule has 26 heavy (non-hydrogen) atoms. The van der Waals surface area contributed by atoms with Gasteiger partial charge in [0.05, 0.1) is 18.1 Å². The number of aliphatic carboxylic acids is 1. The van der Waals surface area contributed by atoms with Crippen molar-refractivity contribution in [3.8, 4) is 0 Å². The van der Waals surface area contributed by atoms with Gasteiger partial charge in [-0.1, -0.05) is 30.4 Å². The number of rotatable bonds is 5. The second-order valence-electron chi connectivity index (χ2n) is 6.40. The van der Waals surface area contributed by atoms with Crippen molar-refractivity contribution in [2.24, 2.45) is 11.8 Å². The first-order valence-electron chi connectivity index (χ1n) is 8.41. The third-order valence-electron chi connectivity index (χ3n) is 4.70. The van der Waals surface area contributed by atoms with Crippen LogP contribution in [0.5, 0.6) is 0 Å². The topological polar surface area (TPSA) is 87.7 Å². The Bertz CT molecular complexity index is 848. The summed E-state index contributed by atoms with van der Waals surface area (Å²) in [6.45, 7) is 0. The van der Waals surface area contributed by atoms with Crippen LogP contribution in [0.4, 0.5) is 17.1 Å². The van der Waals surface area contributed by atoms with Crippen LogP contribution in [0.15, 0.2) is 66.7 Å². The van der Waals surface area contributed by atoms with Crippen LogP contribution in [0.3, 0.4) is 0 Å². The zero-order chi connectivity index (χ0) is 18.1. The Labute approximate surface area is 150 Å². The second-order valence-corrected chi connectivity index (χ2v) is 6.40. The fourth-order valence-corrected chi connectivity index (χ4v) is 3.47. The van der Waals surface area contributed by atoms with Crippen molar-refractivity contribution in [2.45, 2.75) is 12.2 Å². The number of carboxylic acids is 1. The van der Waals surface area contributed by atoms with Crippen molar-refractivity contribution >= 4 is 28.9 Å². The Morgan fingerprint density at radius 2 is 1.38 bits per heavy atom. The smallest absolute Gasteiger partial charge is 0.310 e. The van der Waals surface area contributed by atoms with E-state index < -0.39 is 30.0 Å². The van der Waals surface area contributed by atoms with Gasteiger partial charge in [-0.25, -0.2) is 0 Å². The monoisotopic (exact) mass is 350 g/mol. The maximum Gasteiger partial charge on any atom is 0.310 e. The third-order valence-corrected chi connectivity index (χ3v) is 4.70. The number of fused-ring (bicyclic) bond motifs is 2. The molecule has 1 fully saturated rings. The number of carbonyl (C=O) groups is 2. The molecule has 6 heteroatoms. The lowest BCUT2D eigenvalue weighted by atomic mass is 9.82. The van der Waals surface area contributed by atoms with Gasteiger partial charge in [0.25, 0.3) is 0 Å². The van der Waals surface area contributed by atoms with Crippen LogP contribution in [-0.2, 0) is 14.3 Å². The van der Waals surface area contributed by atoms with E-state index in [0.29, 0.717) is 5.69 Å². The molecule has 2 aromatic rings. The van der Waals surface area contributed by atoms with E-state index in [9.17, 15) is 14.7 Å². The largest absolute Gasteiger partial charge is 0.481 e. The summed E-state index contributed by atoms with van der Waals surface area (Å²) in [5, 5.41) is 15.5. The summed E-state index contributed by atoms with van der Waals surface area (Å²) in [6.07, 6.45) is 2.49. The first kappa shape index (κ1) is 16.4. The molecule has 1 amide bonds. The molecule has 4 rings (SSSR count). The number of benzene rings is 2. The normalized spacial score (nSPS) is 25.8. The molecule has 1 saturated heterocycles. The average Bonchev–Trinajstić information content (AvgIpc) is 3.25. The minimum absolute atomic E-state index is 0.335. The van der Waals surface area contributed by atoms with Gasteiger partial charge in [0.15, 0.2) is 0 Å². The zero-order valence-electron chi connectivity index (χ0n) is 13.8. The number of carbonyl (C=O) groups excluding carboxylic acids is 1. The Hall–Kier alpha value is -3.12. The molecule has 2 bridgehead atoms. The molecule has 4 atom stereocenters. The lowest BCUT2D eigenvalue weighted by Crippen LogP contribution is -2.39. The highest BCUT2D eigenvalue weighted by molar-refractivity contribution is 5.96. The van der Waals surface area contributed by atoms with Crippen molar-refractivity contribution in [3.63, 3.8) is 0 Å². The Balaban J connectivity index is 1.43. The number of hydrogen-bond donors (Lipinski definition) is 3. The van der Waals surface area contributed by atoms with Gasteiger partial charge in [-0.3, -0.25) is 9.59 Å². The third kappa shape index (κ3) is 3.07. The van der Waals surface area contributed by atoms with E-state index >= 15 is 0 Å². The summed E-state index contributed by atoms with van der Waals surface area (Å²) in [5.41, 5.74) is 2.48. The number of carboxylic acid groups (broad SMARTS) is 1. The van der Waals surface area contributed by atoms with Gasteiger partial charge in [0, 0.05) is 17.1 Å². The number of nitrogens with one attached hydrogen (secondary N) is 2. The van der Waals surface area contributed by atoms with E-state index in [1.54, 1.807) is 24.3 Å². The lowest BCUT2D eigenvalue weighted by molar-refractivity contribution is -0.145. The van der Waals surface area contributed by atoms with Crippen LogP contribution in [-0.4, -0.2) is 29.2 Å². The quantitative estimate of drug-likeness (QED) is 0.722. The molecule has 6 nitrogen and oxygen atoms in total. The van der Waals surface area contributed by atoms with Gasteiger partial charge in [0.1, 0.15) is 5.92 Å². The molecule has 0 spiro atoms. The number of para-hydroxylation sites is 1. The predicted octanol–water partition coefficient (Wildman–Crippen LogP) is 3.02. The molecule has 0 unspecified atom stereocenters. The molecule has 2 heterocycles. The molecule has 2 aliphatic heterocycles. The highest BCUT2D eigenvalue weighted by atomic mass is 16.5.